The topological polar surface area (TPSA) is 87.7 Å². The average Bonchev–Trinajstić information content (AvgIpc) is 2.69. The summed E-state index contributed by atoms with van der Waals surface area (Å²) in [4.78, 5) is 14.9. The van der Waals surface area contributed by atoms with Gasteiger partial charge < -0.3 is 10.1 Å². The second-order valence-electron chi connectivity index (χ2n) is 6.27. The summed E-state index contributed by atoms with van der Waals surface area (Å²) in [6.45, 7) is 4.10. The van der Waals surface area contributed by atoms with E-state index in [2.05, 4.69) is 14.9 Å². The van der Waals surface area contributed by atoms with Gasteiger partial charge in [0.1, 0.15) is 0 Å². The molecule has 0 aliphatic carbocycles. The number of rotatable bonds is 6. The zero-order valence-corrected chi connectivity index (χ0v) is 16.0. The molecule has 1 saturated heterocycles. The van der Waals surface area contributed by atoms with Crippen molar-refractivity contribution >= 4 is 21.6 Å². The number of benzene rings is 2. The SMILES string of the molecule is CNS(=O)(=O)c1ccc(C(=O)Nc2cccc(CN3CCOCC3)c2)cc1. The van der Waals surface area contributed by atoms with Gasteiger partial charge in [-0.3, -0.25) is 9.69 Å². The molecule has 8 heteroatoms. The Bertz CT molecular complexity index is 891. The lowest BCUT2D eigenvalue weighted by Gasteiger charge is -2.26. The first-order valence-corrected chi connectivity index (χ1v) is 10.2. The summed E-state index contributed by atoms with van der Waals surface area (Å²) in [5, 5.41) is 2.86. The molecule has 7 nitrogen and oxygen atoms in total. The summed E-state index contributed by atoms with van der Waals surface area (Å²) in [5.74, 6) is -0.285. The Morgan fingerprint density at radius 3 is 2.48 bits per heavy atom. The van der Waals surface area contributed by atoms with Gasteiger partial charge in [0.05, 0.1) is 18.1 Å². The number of amides is 1. The third-order valence-electron chi connectivity index (χ3n) is 4.39. The molecule has 1 amide bonds. The van der Waals surface area contributed by atoms with Crippen LogP contribution in [0.15, 0.2) is 53.4 Å². The van der Waals surface area contributed by atoms with E-state index in [9.17, 15) is 13.2 Å². The minimum atomic E-state index is -3.51. The molecule has 2 aromatic rings. The molecule has 0 bridgehead atoms. The van der Waals surface area contributed by atoms with Crippen molar-refractivity contribution in [2.45, 2.75) is 11.4 Å². The molecule has 1 heterocycles. The van der Waals surface area contributed by atoms with Crippen LogP contribution in [0.1, 0.15) is 15.9 Å². The van der Waals surface area contributed by atoms with Crippen molar-refractivity contribution in [3.63, 3.8) is 0 Å². The van der Waals surface area contributed by atoms with Gasteiger partial charge in [-0.05, 0) is 49.0 Å². The largest absolute Gasteiger partial charge is 0.379 e. The van der Waals surface area contributed by atoms with Crippen molar-refractivity contribution in [3.05, 3.63) is 59.7 Å². The maximum Gasteiger partial charge on any atom is 0.255 e. The Balaban J connectivity index is 1.66. The minimum absolute atomic E-state index is 0.119. The summed E-state index contributed by atoms with van der Waals surface area (Å²) in [5.41, 5.74) is 2.21. The van der Waals surface area contributed by atoms with Crippen LogP contribution in [-0.4, -0.2) is 52.6 Å². The summed E-state index contributed by atoms with van der Waals surface area (Å²) in [6.07, 6.45) is 0. The number of nitrogens with zero attached hydrogens (tertiary/aromatic N) is 1. The molecule has 1 aliphatic rings. The van der Waals surface area contributed by atoms with E-state index in [4.69, 9.17) is 4.74 Å². The van der Waals surface area contributed by atoms with Crippen LogP contribution in [-0.2, 0) is 21.3 Å². The first kappa shape index (κ1) is 19.5. The number of hydrogen-bond donors (Lipinski definition) is 2. The van der Waals surface area contributed by atoms with Gasteiger partial charge in [0.2, 0.25) is 10.0 Å². The maximum atomic E-state index is 12.4. The number of sulfonamides is 1. The van der Waals surface area contributed by atoms with Gasteiger partial charge in [-0.2, -0.15) is 0 Å². The van der Waals surface area contributed by atoms with Gasteiger partial charge in [0.25, 0.3) is 5.91 Å². The van der Waals surface area contributed by atoms with Crippen LogP contribution in [0.4, 0.5) is 5.69 Å². The third-order valence-corrected chi connectivity index (χ3v) is 5.82. The van der Waals surface area contributed by atoms with Crippen LogP contribution in [0.3, 0.4) is 0 Å². The van der Waals surface area contributed by atoms with Crippen LogP contribution >= 0.6 is 0 Å². The van der Waals surface area contributed by atoms with Gasteiger partial charge in [-0.1, -0.05) is 12.1 Å². The predicted octanol–water partition coefficient (Wildman–Crippen LogP) is 1.68. The molecule has 2 aromatic carbocycles. The minimum Gasteiger partial charge on any atom is -0.379 e. The van der Waals surface area contributed by atoms with Crippen LogP contribution in [0, 0.1) is 0 Å². The Kier molecular flexibility index (Phi) is 6.22. The molecule has 0 atom stereocenters. The van der Waals surface area contributed by atoms with Gasteiger partial charge in [0.15, 0.2) is 0 Å². The van der Waals surface area contributed by atoms with Gasteiger partial charge in [0, 0.05) is 30.9 Å². The summed E-state index contributed by atoms with van der Waals surface area (Å²) < 4.78 is 31.1. The van der Waals surface area contributed by atoms with Crippen LogP contribution in [0.25, 0.3) is 0 Å². The molecule has 3 rings (SSSR count). The Morgan fingerprint density at radius 2 is 1.81 bits per heavy atom. The van der Waals surface area contributed by atoms with Crippen molar-refractivity contribution in [2.75, 3.05) is 38.7 Å². The highest BCUT2D eigenvalue weighted by molar-refractivity contribution is 7.89. The molecular weight excluding hydrogens is 366 g/mol. The molecule has 0 radical (unpaired) electrons. The number of morpholine rings is 1. The smallest absolute Gasteiger partial charge is 0.255 e. The van der Waals surface area contributed by atoms with Crippen LogP contribution in [0.5, 0.6) is 0 Å². The monoisotopic (exact) mass is 389 g/mol. The second kappa shape index (κ2) is 8.62. The molecule has 0 spiro atoms. The average molecular weight is 389 g/mol. The fourth-order valence-electron chi connectivity index (χ4n) is 2.87. The molecule has 27 heavy (non-hydrogen) atoms. The molecular formula is C19H23N3O4S. The van der Waals surface area contributed by atoms with Gasteiger partial charge >= 0.3 is 0 Å². The van der Waals surface area contributed by atoms with Crippen molar-refractivity contribution in [1.29, 1.82) is 0 Å². The Labute approximate surface area is 159 Å². The Morgan fingerprint density at radius 1 is 1.11 bits per heavy atom. The Hall–Kier alpha value is -2.26. The highest BCUT2D eigenvalue weighted by Crippen LogP contribution is 2.16. The number of ether oxygens (including phenoxy) is 1. The zero-order valence-electron chi connectivity index (χ0n) is 15.1. The highest BCUT2D eigenvalue weighted by Gasteiger charge is 2.14. The second-order valence-corrected chi connectivity index (χ2v) is 8.16. The van der Waals surface area contributed by atoms with Crippen molar-refractivity contribution in [3.8, 4) is 0 Å². The quantitative estimate of drug-likeness (QED) is 0.785. The zero-order chi connectivity index (χ0) is 19.3. The van der Waals surface area contributed by atoms with Gasteiger partial charge in [-0.15, -0.1) is 0 Å². The van der Waals surface area contributed by atoms with E-state index < -0.39 is 10.0 Å². The van der Waals surface area contributed by atoms with E-state index >= 15 is 0 Å². The van der Waals surface area contributed by atoms with E-state index in [1.54, 1.807) is 0 Å². The first-order chi connectivity index (χ1) is 13.0. The van der Waals surface area contributed by atoms with E-state index in [-0.39, 0.29) is 10.8 Å². The molecule has 1 fully saturated rings. The summed E-state index contributed by atoms with van der Waals surface area (Å²) in [6, 6.07) is 13.5. The molecule has 1 aliphatic heterocycles. The molecule has 2 N–H and O–H groups in total. The summed E-state index contributed by atoms with van der Waals surface area (Å²) >= 11 is 0. The number of anilines is 1. The maximum absolute atomic E-state index is 12.4. The normalized spacial score (nSPS) is 15.4. The van der Waals surface area contributed by atoms with Gasteiger partial charge in [-0.25, -0.2) is 13.1 Å². The molecule has 144 valence electrons. The lowest BCUT2D eigenvalue weighted by molar-refractivity contribution is 0.0342. The van der Waals surface area contributed by atoms with E-state index in [0.29, 0.717) is 11.3 Å². The lowest BCUT2D eigenvalue weighted by Crippen LogP contribution is -2.35. The molecule has 0 saturated carbocycles. The van der Waals surface area contributed by atoms with Crippen LogP contribution < -0.4 is 10.0 Å². The van der Waals surface area contributed by atoms with Crippen molar-refractivity contribution in [2.24, 2.45) is 0 Å². The van der Waals surface area contributed by atoms with Crippen LogP contribution in [0.2, 0.25) is 0 Å². The first-order valence-electron chi connectivity index (χ1n) is 8.72. The number of carbonyl (C=O) groups excluding carboxylic acids is 1. The number of nitrogens with one attached hydrogen (secondary N) is 2. The third kappa shape index (κ3) is 5.14. The molecule has 0 aromatic heterocycles. The fraction of sp³-hybridized carbons (Fsp3) is 0.316. The standard InChI is InChI=1S/C19H23N3O4S/c1-20-27(24,25)18-7-5-16(6-8-18)19(23)21-17-4-2-3-15(13-17)14-22-9-11-26-12-10-22/h2-8,13,20H,9-12,14H2,1H3,(H,21,23). The van der Waals surface area contributed by atoms with E-state index in [1.165, 1.54) is 31.3 Å². The summed E-state index contributed by atoms with van der Waals surface area (Å²) in [7, 11) is -2.17. The van der Waals surface area contributed by atoms with Crippen molar-refractivity contribution in [1.82, 2.24) is 9.62 Å². The van der Waals surface area contributed by atoms with Crippen molar-refractivity contribution < 1.29 is 17.9 Å². The fourth-order valence-corrected chi connectivity index (χ4v) is 3.60. The number of hydrogen-bond acceptors (Lipinski definition) is 5. The lowest BCUT2D eigenvalue weighted by atomic mass is 10.1. The van der Waals surface area contributed by atoms with E-state index in [1.807, 2.05) is 24.3 Å². The molecule has 0 unspecified atom stereocenters. The highest BCUT2D eigenvalue weighted by atomic mass is 32.2. The van der Waals surface area contributed by atoms with E-state index in [0.717, 1.165) is 38.4 Å². The number of carbonyl (C=O) groups is 1. The predicted molar refractivity (Wildman–Crippen MR) is 103 cm³/mol.